The molecule has 2 aromatic rings. The SMILES string of the molecule is C=CCNC(=O)c1ccccc1NC(=S)NC(=O)c1ccc(OCCCCCC)cc1. The van der Waals surface area contributed by atoms with E-state index in [9.17, 15) is 9.59 Å². The van der Waals surface area contributed by atoms with E-state index in [0.29, 0.717) is 30.0 Å². The summed E-state index contributed by atoms with van der Waals surface area (Å²) < 4.78 is 5.70. The average molecular weight is 440 g/mol. The predicted octanol–water partition coefficient (Wildman–Crippen LogP) is 4.69. The molecule has 2 amide bonds. The molecule has 31 heavy (non-hydrogen) atoms. The molecule has 0 bridgehead atoms. The van der Waals surface area contributed by atoms with Crippen molar-refractivity contribution in [3.05, 3.63) is 72.3 Å². The molecule has 0 aliphatic rings. The molecule has 2 aromatic carbocycles. The molecule has 0 saturated heterocycles. The third-order valence-corrected chi connectivity index (χ3v) is 4.64. The minimum Gasteiger partial charge on any atom is -0.494 e. The van der Waals surface area contributed by atoms with Crippen LogP contribution in [0.15, 0.2) is 61.2 Å². The topological polar surface area (TPSA) is 79.5 Å². The molecule has 7 heteroatoms. The van der Waals surface area contributed by atoms with Crippen molar-refractivity contribution in [1.29, 1.82) is 0 Å². The summed E-state index contributed by atoms with van der Waals surface area (Å²) in [5.74, 6) is 0.121. The highest BCUT2D eigenvalue weighted by Crippen LogP contribution is 2.16. The average Bonchev–Trinajstić information content (AvgIpc) is 2.78. The van der Waals surface area contributed by atoms with Crippen LogP contribution in [0.1, 0.15) is 53.3 Å². The van der Waals surface area contributed by atoms with Crippen LogP contribution in [0.4, 0.5) is 5.69 Å². The molecule has 0 fully saturated rings. The lowest BCUT2D eigenvalue weighted by Gasteiger charge is -2.13. The lowest BCUT2D eigenvalue weighted by Crippen LogP contribution is -2.35. The fourth-order valence-corrected chi connectivity index (χ4v) is 3.00. The van der Waals surface area contributed by atoms with E-state index in [4.69, 9.17) is 17.0 Å². The first kappa shape index (κ1) is 24.1. The highest BCUT2D eigenvalue weighted by Gasteiger charge is 2.13. The fraction of sp³-hybridized carbons (Fsp3) is 0.292. The first-order valence-corrected chi connectivity index (χ1v) is 10.8. The number of unbranched alkanes of at least 4 members (excludes halogenated alkanes) is 3. The summed E-state index contributed by atoms with van der Waals surface area (Å²) in [4.78, 5) is 24.7. The molecule has 0 radical (unpaired) electrons. The minimum absolute atomic E-state index is 0.102. The zero-order valence-electron chi connectivity index (χ0n) is 17.8. The molecule has 0 unspecified atom stereocenters. The second-order valence-electron chi connectivity index (χ2n) is 6.89. The van der Waals surface area contributed by atoms with E-state index in [0.717, 1.165) is 18.6 Å². The summed E-state index contributed by atoms with van der Waals surface area (Å²) in [6.07, 6.45) is 6.17. The highest BCUT2D eigenvalue weighted by atomic mass is 32.1. The molecule has 6 nitrogen and oxygen atoms in total. The van der Waals surface area contributed by atoms with E-state index in [1.54, 1.807) is 54.6 Å². The number of nitrogens with one attached hydrogen (secondary N) is 3. The van der Waals surface area contributed by atoms with Crippen LogP contribution >= 0.6 is 12.2 Å². The van der Waals surface area contributed by atoms with Gasteiger partial charge in [-0.2, -0.15) is 0 Å². The summed E-state index contributed by atoms with van der Waals surface area (Å²) in [5.41, 5.74) is 1.38. The Balaban J connectivity index is 1.89. The van der Waals surface area contributed by atoms with Crippen LogP contribution in [0.3, 0.4) is 0 Å². The molecule has 0 spiro atoms. The number of hydrogen-bond donors (Lipinski definition) is 3. The number of thiocarbonyl (C=S) groups is 1. The van der Waals surface area contributed by atoms with Crippen LogP contribution in [-0.2, 0) is 0 Å². The highest BCUT2D eigenvalue weighted by molar-refractivity contribution is 7.80. The molecule has 0 heterocycles. The Hall–Kier alpha value is -3.19. The summed E-state index contributed by atoms with van der Waals surface area (Å²) in [6, 6.07) is 13.8. The van der Waals surface area contributed by atoms with Gasteiger partial charge in [-0.3, -0.25) is 14.9 Å². The maximum absolute atomic E-state index is 12.5. The number of rotatable bonds is 11. The first-order valence-electron chi connectivity index (χ1n) is 10.4. The Labute approximate surface area is 189 Å². The normalized spacial score (nSPS) is 10.1. The molecular formula is C24H29N3O3S. The van der Waals surface area contributed by atoms with Crippen LogP contribution in [-0.4, -0.2) is 30.1 Å². The van der Waals surface area contributed by atoms with Crippen LogP contribution in [0, 0.1) is 0 Å². The third-order valence-electron chi connectivity index (χ3n) is 4.44. The number of anilines is 1. The number of carbonyl (C=O) groups is 2. The molecule has 0 aromatic heterocycles. The van der Waals surface area contributed by atoms with Crippen molar-refractivity contribution in [3.8, 4) is 5.75 Å². The molecular weight excluding hydrogens is 410 g/mol. The van der Waals surface area contributed by atoms with Gasteiger partial charge in [-0.1, -0.05) is 44.4 Å². The molecule has 0 aliphatic carbocycles. The van der Waals surface area contributed by atoms with Gasteiger partial charge in [0, 0.05) is 12.1 Å². The second kappa shape index (κ2) is 13.2. The smallest absolute Gasteiger partial charge is 0.257 e. The molecule has 2 rings (SSSR count). The summed E-state index contributed by atoms with van der Waals surface area (Å²) in [6.45, 7) is 6.77. The molecule has 0 aliphatic heterocycles. The quantitative estimate of drug-likeness (QED) is 0.269. The van der Waals surface area contributed by atoms with E-state index in [-0.39, 0.29) is 16.9 Å². The van der Waals surface area contributed by atoms with E-state index in [1.165, 1.54) is 12.8 Å². The monoisotopic (exact) mass is 439 g/mol. The minimum atomic E-state index is -0.347. The molecule has 0 atom stereocenters. The Morgan fingerprint density at radius 2 is 1.77 bits per heavy atom. The Bertz CT molecular complexity index is 897. The lowest BCUT2D eigenvalue weighted by atomic mass is 10.1. The van der Waals surface area contributed by atoms with Crippen LogP contribution in [0.25, 0.3) is 0 Å². The van der Waals surface area contributed by atoms with Crippen molar-refractivity contribution >= 4 is 34.8 Å². The number of para-hydroxylation sites is 1. The summed E-state index contributed by atoms with van der Waals surface area (Å²) >= 11 is 5.25. The summed E-state index contributed by atoms with van der Waals surface area (Å²) in [5, 5.41) is 8.37. The molecule has 0 saturated carbocycles. The van der Waals surface area contributed by atoms with Crippen molar-refractivity contribution in [1.82, 2.24) is 10.6 Å². The molecule has 3 N–H and O–H groups in total. The van der Waals surface area contributed by atoms with Crippen molar-refractivity contribution in [3.63, 3.8) is 0 Å². The van der Waals surface area contributed by atoms with Gasteiger partial charge in [0.25, 0.3) is 11.8 Å². The van der Waals surface area contributed by atoms with E-state index in [2.05, 4.69) is 29.5 Å². The van der Waals surface area contributed by atoms with E-state index < -0.39 is 0 Å². The van der Waals surface area contributed by atoms with Crippen LogP contribution < -0.4 is 20.7 Å². The van der Waals surface area contributed by atoms with E-state index >= 15 is 0 Å². The molecule has 164 valence electrons. The largest absolute Gasteiger partial charge is 0.494 e. The first-order chi connectivity index (χ1) is 15.0. The van der Waals surface area contributed by atoms with Crippen LogP contribution in [0.5, 0.6) is 5.75 Å². The van der Waals surface area contributed by atoms with Gasteiger partial charge < -0.3 is 15.4 Å². The number of hydrogen-bond acceptors (Lipinski definition) is 4. The van der Waals surface area contributed by atoms with E-state index in [1.807, 2.05) is 0 Å². The van der Waals surface area contributed by atoms with Gasteiger partial charge in [-0.05, 0) is 55.0 Å². The number of amides is 2. The van der Waals surface area contributed by atoms with Gasteiger partial charge in [0.05, 0.1) is 17.9 Å². The number of benzene rings is 2. The van der Waals surface area contributed by atoms with Gasteiger partial charge in [0.2, 0.25) is 0 Å². The lowest BCUT2D eigenvalue weighted by molar-refractivity contribution is 0.0956. The third kappa shape index (κ3) is 8.22. The van der Waals surface area contributed by atoms with Crippen molar-refractivity contribution in [2.24, 2.45) is 0 Å². The fourth-order valence-electron chi connectivity index (χ4n) is 2.80. The zero-order chi connectivity index (χ0) is 22.5. The van der Waals surface area contributed by atoms with Crippen molar-refractivity contribution in [2.75, 3.05) is 18.5 Å². The van der Waals surface area contributed by atoms with Gasteiger partial charge in [0.15, 0.2) is 5.11 Å². The maximum Gasteiger partial charge on any atom is 0.257 e. The maximum atomic E-state index is 12.5. The predicted molar refractivity (Wildman–Crippen MR) is 129 cm³/mol. The van der Waals surface area contributed by atoms with Crippen molar-refractivity contribution in [2.45, 2.75) is 32.6 Å². The van der Waals surface area contributed by atoms with Crippen LogP contribution in [0.2, 0.25) is 0 Å². The van der Waals surface area contributed by atoms with Gasteiger partial charge >= 0.3 is 0 Å². The summed E-state index contributed by atoms with van der Waals surface area (Å²) in [7, 11) is 0. The number of ether oxygens (including phenoxy) is 1. The van der Waals surface area contributed by atoms with Gasteiger partial charge in [0.1, 0.15) is 5.75 Å². The Morgan fingerprint density at radius 1 is 1.03 bits per heavy atom. The Morgan fingerprint density at radius 3 is 2.48 bits per heavy atom. The Kier molecular flexibility index (Phi) is 10.2. The second-order valence-corrected chi connectivity index (χ2v) is 7.29. The van der Waals surface area contributed by atoms with Gasteiger partial charge in [-0.25, -0.2) is 0 Å². The zero-order valence-corrected chi connectivity index (χ0v) is 18.6. The number of carbonyl (C=O) groups excluding carboxylic acids is 2. The van der Waals surface area contributed by atoms with Gasteiger partial charge in [-0.15, -0.1) is 6.58 Å². The van der Waals surface area contributed by atoms with Crippen molar-refractivity contribution < 1.29 is 14.3 Å². The standard InChI is InChI=1S/C24H29N3O3S/c1-3-5-6-9-17-30-19-14-12-18(13-15-19)22(28)27-24(31)26-21-11-8-7-10-20(21)23(29)25-16-4-2/h4,7-8,10-15H,2-3,5-6,9,16-17H2,1H3,(H,25,29)(H2,26,27,28,31).